The summed E-state index contributed by atoms with van der Waals surface area (Å²) >= 11 is 5.33. The molecule has 0 saturated heterocycles. The molecule has 8 nitrogen and oxygen atoms in total. The minimum Gasteiger partial charge on any atom is -0.448 e. The zero-order chi connectivity index (χ0) is 16.9. The zero-order valence-corrected chi connectivity index (χ0v) is 13.6. The number of alkyl carbamates (subject to hydrolysis) is 1. The molecule has 1 atom stereocenters. The first-order valence-corrected chi connectivity index (χ1v) is 6.97. The Morgan fingerprint density at radius 3 is 2.24 bits per heavy atom. The molecule has 0 aromatic heterocycles. The maximum absolute atomic E-state index is 11.0. The van der Waals surface area contributed by atoms with Crippen LogP contribution in [0.15, 0.2) is 0 Å². The molecular weight excluding hydrogens is 304 g/mol. The van der Waals surface area contributed by atoms with Crippen molar-refractivity contribution < 1.29 is 29.4 Å². The molecule has 0 saturated carbocycles. The van der Waals surface area contributed by atoms with E-state index in [1.165, 1.54) is 5.48 Å². The zero-order valence-electron chi connectivity index (χ0n) is 12.8. The molecule has 0 rings (SSSR count). The van der Waals surface area contributed by atoms with Crippen molar-refractivity contribution in [2.45, 2.75) is 45.8 Å². The van der Waals surface area contributed by atoms with Crippen molar-refractivity contribution >= 4 is 23.8 Å². The fourth-order valence-corrected chi connectivity index (χ4v) is 0.906. The van der Waals surface area contributed by atoms with E-state index in [0.29, 0.717) is 6.61 Å². The van der Waals surface area contributed by atoms with Gasteiger partial charge in [-0.3, -0.25) is 5.21 Å². The summed E-state index contributed by atoms with van der Waals surface area (Å²) in [5, 5.41) is 19.2. The van der Waals surface area contributed by atoms with Crippen molar-refractivity contribution in [1.82, 2.24) is 10.8 Å². The molecule has 126 valence electrons. The maximum Gasteiger partial charge on any atom is 0.431 e. The van der Waals surface area contributed by atoms with Crippen LogP contribution >= 0.6 is 11.6 Å². The molecule has 0 radical (unpaired) electrons. The number of hydrogen-bond donors (Lipinski definition) is 4. The van der Waals surface area contributed by atoms with E-state index in [2.05, 4.69) is 10.1 Å². The molecule has 4 N–H and O–H groups in total. The highest BCUT2D eigenvalue weighted by atomic mass is 35.5. The lowest BCUT2D eigenvalue weighted by Gasteiger charge is -2.20. The molecule has 0 spiro atoms. The van der Waals surface area contributed by atoms with Gasteiger partial charge >= 0.3 is 12.2 Å². The van der Waals surface area contributed by atoms with Crippen molar-refractivity contribution in [3.8, 4) is 0 Å². The number of nitrogens with one attached hydrogen (secondary N) is 2. The van der Waals surface area contributed by atoms with Crippen molar-refractivity contribution in [2.75, 3.05) is 19.0 Å². The van der Waals surface area contributed by atoms with Gasteiger partial charge in [0.1, 0.15) is 5.60 Å². The minimum absolute atomic E-state index is 0.0931. The highest BCUT2D eigenvalue weighted by Gasteiger charge is 2.16. The second-order valence-corrected chi connectivity index (χ2v) is 5.25. The molecule has 0 aliphatic heterocycles. The Kier molecular flexibility index (Phi) is 13.1. The lowest BCUT2D eigenvalue weighted by molar-refractivity contribution is 0.0499. The van der Waals surface area contributed by atoms with Crippen LogP contribution in [-0.2, 0) is 9.47 Å². The van der Waals surface area contributed by atoms with E-state index < -0.39 is 23.9 Å². The molecule has 0 aliphatic rings. The standard InChI is InChI=1S/C8H16ClNO3.C4H9NO3/c1-8(2,3)13-7(12)10-5-6(11)4-9;1-2-3-8-4(6)5-7/h6,11H,4-5H2,1-3H3,(H,10,12);7H,2-3H2,1H3,(H,5,6). The van der Waals surface area contributed by atoms with E-state index in [-0.39, 0.29) is 12.4 Å². The second-order valence-electron chi connectivity index (χ2n) is 4.94. The van der Waals surface area contributed by atoms with Crippen molar-refractivity contribution in [2.24, 2.45) is 0 Å². The summed E-state index contributed by atoms with van der Waals surface area (Å²) in [4.78, 5) is 21.0. The first kappa shape index (κ1) is 22.0. The van der Waals surface area contributed by atoms with Gasteiger partial charge < -0.3 is 19.9 Å². The first-order chi connectivity index (χ1) is 9.66. The Balaban J connectivity index is 0. The fraction of sp³-hybridized carbons (Fsp3) is 0.833. The summed E-state index contributed by atoms with van der Waals surface area (Å²) < 4.78 is 9.27. The molecule has 0 aliphatic carbocycles. The maximum atomic E-state index is 11.0. The molecule has 0 aromatic carbocycles. The quantitative estimate of drug-likeness (QED) is 0.346. The SMILES string of the molecule is CC(C)(C)OC(=O)NCC(O)CCl.CCCOC(=O)NO. The molecule has 0 fully saturated rings. The van der Waals surface area contributed by atoms with E-state index >= 15 is 0 Å². The highest BCUT2D eigenvalue weighted by Crippen LogP contribution is 2.06. The fourth-order valence-electron chi connectivity index (χ4n) is 0.797. The van der Waals surface area contributed by atoms with Gasteiger partial charge in [0.15, 0.2) is 0 Å². The molecule has 1 unspecified atom stereocenters. The largest absolute Gasteiger partial charge is 0.448 e. The number of amides is 2. The van der Waals surface area contributed by atoms with Gasteiger partial charge in [0, 0.05) is 6.54 Å². The van der Waals surface area contributed by atoms with E-state index in [1.807, 2.05) is 6.92 Å². The Bertz CT molecular complexity index is 296. The summed E-state index contributed by atoms with van der Waals surface area (Å²) in [5.41, 5.74) is 0.821. The number of hydroxylamine groups is 1. The number of aliphatic hydroxyl groups excluding tert-OH is 1. The van der Waals surface area contributed by atoms with Crippen LogP contribution in [-0.4, -0.2) is 53.2 Å². The van der Waals surface area contributed by atoms with Gasteiger partial charge in [-0.05, 0) is 27.2 Å². The Morgan fingerprint density at radius 1 is 1.29 bits per heavy atom. The minimum atomic E-state index is -0.799. The summed E-state index contributed by atoms with van der Waals surface area (Å²) in [6.07, 6.45) is -1.31. The van der Waals surface area contributed by atoms with Crippen LogP contribution < -0.4 is 10.8 Å². The third kappa shape index (κ3) is 18.8. The number of hydrogen-bond acceptors (Lipinski definition) is 6. The number of ether oxygens (including phenoxy) is 2. The van der Waals surface area contributed by atoms with E-state index in [0.717, 1.165) is 6.42 Å². The van der Waals surface area contributed by atoms with Crippen molar-refractivity contribution in [3.05, 3.63) is 0 Å². The summed E-state index contributed by atoms with van der Waals surface area (Å²) in [5.74, 6) is 0.0931. The lowest BCUT2D eigenvalue weighted by Crippen LogP contribution is -2.37. The van der Waals surface area contributed by atoms with Crippen LogP contribution in [0.3, 0.4) is 0 Å². The van der Waals surface area contributed by atoms with Crippen LogP contribution in [0.2, 0.25) is 0 Å². The number of rotatable bonds is 5. The number of aliphatic hydroxyl groups is 1. The van der Waals surface area contributed by atoms with E-state index in [1.54, 1.807) is 20.8 Å². The second kappa shape index (κ2) is 12.5. The van der Waals surface area contributed by atoms with Gasteiger partial charge in [-0.15, -0.1) is 11.6 Å². The van der Waals surface area contributed by atoms with Crippen molar-refractivity contribution in [1.29, 1.82) is 0 Å². The Morgan fingerprint density at radius 2 is 1.86 bits per heavy atom. The summed E-state index contributed by atoms with van der Waals surface area (Å²) in [7, 11) is 0. The van der Waals surface area contributed by atoms with Crippen LogP contribution in [0.4, 0.5) is 9.59 Å². The Labute approximate surface area is 129 Å². The average Bonchev–Trinajstić information content (AvgIpc) is 2.40. The molecule has 9 heteroatoms. The van der Waals surface area contributed by atoms with Gasteiger partial charge in [0.05, 0.1) is 18.6 Å². The lowest BCUT2D eigenvalue weighted by atomic mass is 10.2. The topological polar surface area (TPSA) is 117 Å². The van der Waals surface area contributed by atoms with Crippen LogP contribution in [0.1, 0.15) is 34.1 Å². The predicted molar refractivity (Wildman–Crippen MR) is 77.5 cm³/mol. The predicted octanol–water partition coefficient (Wildman–Crippen LogP) is 1.62. The van der Waals surface area contributed by atoms with Crippen LogP contribution in [0.5, 0.6) is 0 Å². The summed E-state index contributed by atoms with van der Waals surface area (Å²) in [6, 6.07) is 0. The third-order valence-corrected chi connectivity index (χ3v) is 1.94. The molecule has 0 bridgehead atoms. The number of alkyl halides is 1. The van der Waals surface area contributed by atoms with Crippen LogP contribution in [0, 0.1) is 0 Å². The van der Waals surface area contributed by atoms with Gasteiger partial charge in [-0.2, -0.15) is 0 Å². The number of carbonyl (C=O) groups excluding carboxylic acids is 2. The molecule has 0 aromatic rings. The normalized spacial score (nSPS) is 11.6. The smallest absolute Gasteiger partial charge is 0.431 e. The monoisotopic (exact) mass is 328 g/mol. The Hall–Kier alpha value is -1.25. The summed E-state index contributed by atoms with van der Waals surface area (Å²) in [6.45, 7) is 7.62. The number of halogens is 1. The average molecular weight is 329 g/mol. The molecule has 21 heavy (non-hydrogen) atoms. The molecule has 2 amide bonds. The highest BCUT2D eigenvalue weighted by molar-refractivity contribution is 6.18. The van der Waals surface area contributed by atoms with Gasteiger partial charge in [-0.1, -0.05) is 6.92 Å². The van der Waals surface area contributed by atoms with E-state index in [4.69, 9.17) is 26.7 Å². The molecule has 0 heterocycles. The third-order valence-electron chi connectivity index (χ3n) is 1.59. The van der Waals surface area contributed by atoms with E-state index in [9.17, 15) is 9.59 Å². The number of carbonyl (C=O) groups is 2. The van der Waals surface area contributed by atoms with Crippen LogP contribution in [0.25, 0.3) is 0 Å². The first-order valence-electron chi connectivity index (χ1n) is 6.44. The van der Waals surface area contributed by atoms with Crippen molar-refractivity contribution in [3.63, 3.8) is 0 Å². The van der Waals surface area contributed by atoms with Gasteiger partial charge in [0.25, 0.3) is 0 Å². The van der Waals surface area contributed by atoms with Gasteiger partial charge in [-0.25, -0.2) is 15.1 Å². The molecular formula is C12H25ClN2O6. The van der Waals surface area contributed by atoms with Gasteiger partial charge in [0.2, 0.25) is 0 Å².